The minimum atomic E-state index is -4.49. The number of hydrogen-bond donors (Lipinski definition) is 1. The molecule has 2 heterocycles. The van der Waals surface area contributed by atoms with Gasteiger partial charge in [0.25, 0.3) is 0 Å². The highest BCUT2D eigenvalue weighted by molar-refractivity contribution is 7.12. The van der Waals surface area contributed by atoms with Crippen LogP contribution in [0.2, 0.25) is 0 Å². The molecule has 2 rings (SSSR count). The van der Waals surface area contributed by atoms with Crippen LogP contribution in [0.5, 0.6) is 0 Å². The monoisotopic (exact) mass is 247 g/mol. The van der Waals surface area contributed by atoms with Crippen LogP contribution in [0.3, 0.4) is 0 Å². The molecule has 2 aromatic rings. The topological polar surface area (TPSA) is 58.6 Å². The summed E-state index contributed by atoms with van der Waals surface area (Å²) in [6.07, 6.45) is -2.41. The van der Waals surface area contributed by atoms with E-state index < -0.39 is 16.6 Å². The molecule has 0 aliphatic heterocycles. The summed E-state index contributed by atoms with van der Waals surface area (Å²) in [7, 11) is 0. The van der Waals surface area contributed by atoms with E-state index in [1.807, 2.05) is 0 Å². The molecule has 0 fully saturated rings. The van der Waals surface area contributed by atoms with Gasteiger partial charge in [0.15, 0.2) is 5.01 Å². The summed E-state index contributed by atoms with van der Waals surface area (Å²) in [4.78, 5) is 13.9. The van der Waals surface area contributed by atoms with E-state index >= 15 is 0 Å². The molecule has 2 aromatic heterocycles. The van der Waals surface area contributed by atoms with Gasteiger partial charge >= 0.3 is 11.0 Å². The molecule has 0 saturated carbocycles. The van der Waals surface area contributed by atoms with E-state index in [1.165, 1.54) is 0 Å². The van der Waals surface area contributed by atoms with Crippen LogP contribution in [0, 0.1) is 0 Å². The number of hydrogen-bond acceptors (Lipinski definition) is 4. The fourth-order valence-electron chi connectivity index (χ4n) is 1.16. The number of aromatic amines is 1. The number of pyridine rings is 1. The normalized spacial score (nSPS) is 11.7. The van der Waals surface area contributed by atoms with E-state index in [2.05, 4.69) is 15.2 Å². The third-order valence-corrected chi connectivity index (χ3v) is 2.58. The minimum Gasteiger partial charge on any atom is -0.264 e. The molecule has 0 atom stereocenters. The van der Waals surface area contributed by atoms with Crippen LogP contribution in [-0.4, -0.2) is 15.2 Å². The first-order valence-corrected chi connectivity index (χ1v) is 4.87. The highest BCUT2D eigenvalue weighted by Gasteiger charge is 2.34. The van der Waals surface area contributed by atoms with Crippen LogP contribution in [0.15, 0.2) is 23.3 Å². The van der Waals surface area contributed by atoms with Crippen molar-refractivity contribution in [2.24, 2.45) is 0 Å². The zero-order valence-electron chi connectivity index (χ0n) is 7.58. The van der Waals surface area contributed by atoms with Gasteiger partial charge in [0.05, 0.1) is 5.56 Å². The van der Waals surface area contributed by atoms with Crippen LogP contribution < -0.4 is 4.87 Å². The molecule has 1 N–H and O–H groups in total. The number of alkyl halides is 3. The fourth-order valence-corrected chi connectivity index (χ4v) is 1.79. The fraction of sp³-hybridized carbons (Fsp3) is 0.125. The van der Waals surface area contributed by atoms with Crippen molar-refractivity contribution in [1.29, 1.82) is 0 Å². The largest absolute Gasteiger partial charge is 0.417 e. The summed E-state index contributed by atoms with van der Waals surface area (Å²) in [6.45, 7) is 0. The van der Waals surface area contributed by atoms with E-state index in [4.69, 9.17) is 0 Å². The van der Waals surface area contributed by atoms with E-state index in [-0.39, 0.29) is 10.6 Å². The number of halogens is 3. The molecule has 84 valence electrons. The quantitative estimate of drug-likeness (QED) is 0.837. The molecule has 4 nitrogen and oxygen atoms in total. The number of H-pyrrole nitrogens is 1. The van der Waals surface area contributed by atoms with Gasteiger partial charge in [0, 0.05) is 18.0 Å². The first-order valence-electron chi connectivity index (χ1n) is 4.05. The van der Waals surface area contributed by atoms with Crippen LogP contribution in [-0.2, 0) is 6.18 Å². The van der Waals surface area contributed by atoms with Crippen LogP contribution >= 0.6 is 11.3 Å². The second-order valence-corrected chi connectivity index (χ2v) is 3.80. The zero-order chi connectivity index (χ0) is 11.8. The second-order valence-electron chi connectivity index (χ2n) is 2.84. The van der Waals surface area contributed by atoms with Crippen molar-refractivity contribution < 1.29 is 13.2 Å². The van der Waals surface area contributed by atoms with Gasteiger partial charge in [0.2, 0.25) is 0 Å². The van der Waals surface area contributed by atoms with Gasteiger partial charge in [-0.25, -0.2) is 5.10 Å². The van der Waals surface area contributed by atoms with Crippen molar-refractivity contribution in [1.82, 2.24) is 15.2 Å². The molecule has 0 amide bonds. The molecule has 0 aliphatic rings. The molecule has 8 heteroatoms. The van der Waals surface area contributed by atoms with Gasteiger partial charge in [0.1, 0.15) is 0 Å². The SMILES string of the molecule is O=c1[nH]nc(-c2cnccc2C(F)(F)F)s1. The Morgan fingerprint density at radius 1 is 1.38 bits per heavy atom. The van der Waals surface area contributed by atoms with E-state index in [0.717, 1.165) is 18.5 Å². The summed E-state index contributed by atoms with van der Waals surface area (Å²) >= 11 is 0.609. The number of rotatable bonds is 1. The molecular formula is C8H4F3N3OS. The molecular weight excluding hydrogens is 243 g/mol. The predicted molar refractivity (Wildman–Crippen MR) is 51.0 cm³/mol. The first-order chi connectivity index (χ1) is 7.48. The summed E-state index contributed by atoms with van der Waals surface area (Å²) in [5, 5.41) is 5.54. The molecule has 0 unspecified atom stereocenters. The van der Waals surface area contributed by atoms with Crippen molar-refractivity contribution in [3.63, 3.8) is 0 Å². The number of nitrogens with one attached hydrogen (secondary N) is 1. The van der Waals surface area contributed by atoms with E-state index in [1.54, 1.807) is 0 Å². The lowest BCUT2D eigenvalue weighted by molar-refractivity contribution is -0.137. The first kappa shape index (κ1) is 10.8. The predicted octanol–water partition coefficient (Wildman–Crippen LogP) is 1.91. The molecule has 0 aromatic carbocycles. The number of nitrogens with zero attached hydrogens (tertiary/aromatic N) is 2. The Morgan fingerprint density at radius 3 is 2.69 bits per heavy atom. The molecule has 0 aliphatic carbocycles. The Labute approximate surface area is 90.8 Å². The number of aromatic nitrogens is 3. The Balaban J connectivity index is 2.61. The van der Waals surface area contributed by atoms with Gasteiger partial charge in [-0.3, -0.25) is 9.78 Å². The highest BCUT2D eigenvalue weighted by Crippen LogP contribution is 2.36. The molecule has 0 radical (unpaired) electrons. The highest BCUT2D eigenvalue weighted by atomic mass is 32.1. The second kappa shape index (κ2) is 3.71. The van der Waals surface area contributed by atoms with Crippen molar-refractivity contribution >= 4 is 11.3 Å². The van der Waals surface area contributed by atoms with Crippen molar-refractivity contribution in [2.45, 2.75) is 6.18 Å². The summed E-state index contributed by atoms with van der Waals surface area (Å²) in [6, 6.07) is 0.848. The van der Waals surface area contributed by atoms with Gasteiger partial charge in [-0.1, -0.05) is 11.3 Å². The van der Waals surface area contributed by atoms with E-state index in [0.29, 0.717) is 11.3 Å². The third kappa shape index (κ3) is 1.96. The van der Waals surface area contributed by atoms with Crippen molar-refractivity contribution in [3.8, 4) is 10.6 Å². The Hall–Kier alpha value is -1.70. The molecule has 0 bridgehead atoms. The lowest BCUT2D eigenvalue weighted by atomic mass is 10.1. The Kier molecular flexibility index (Phi) is 2.50. The van der Waals surface area contributed by atoms with E-state index in [9.17, 15) is 18.0 Å². The van der Waals surface area contributed by atoms with Crippen LogP contribution in [0.4, 0.5) is 13.2 Å². The maximum absolute atomic E-state index is 12.6. The van der Waals surface area contributed by atoms with Crippen molar-refractivity contribution in [2.75, 3.05) is 0 Å². The lowest BCUT2D eigenvalue weighted by Gasteiger charge is -2.09. The van der Waals surface area contributed by atoms with Crippen molar-refractivity contribution in [3.05, 3.63) is 33.7 Å². The standard InChI is InChI=1S/C8H4F3N3OS/c9-8(10,11)5-1-2-12-3-4(5)6-13-14-7(15)16-6/h1-3H,(H,14,15). The third-order valence-electron chi connectivity index (χ3n) is 1.79. The smallest absolute Gasteiger partial charge is 0.264 e. The zero-order valence-corrected chi connectivity index (χ0v) is 8.39. The minimum absolute atomic E-state index is 0.0228. The maximum Gasteiger partial charge on any atom is 0.417 e. The van der Waals surface area contributed by atoms with Crippen LogP contribution in [0.1, 0.15) is 5.56 Å². The average molecular weight is 247 g/mol. The molecule has 0 saturated heterocycles. The lowest BCUT2D eigenvalue weighted by Crippen LogP contribution is -2.07. The van der Waals surface area contributed by atoms with Crippen LogP contribution in [0.25, 0.3) is 10.6 Å². The van der Waals surface area contributed by atoms with Gasteiger partial charge in [-0.15, -0.1) is 0 Å². The Morgan fingerprint density at radius 2 is 2.12 bits per heavy atom. The van der Waals surface area contributed by atoms with Gasteiger partial charge in [-0.05, 0) is 6.07 Å². The summed E-state index contributed by atoms with van der Waals surface area (Å²) < 4.78 is 37.8. The Bertz CT molecular complexity index is 560. The van der Waals surface area contributed by atoms with Gasteiger partial charge in [-0.2, -0.15) is 18.3 Å². The summed E-state index contributed by atoms with van der Waals surface area (Å²) in [5.41, 5.74) is -1.05. The average Bonchev–Trinajstić information content (AvgIpc) is 2.64. The maximum atomic E-state index is 12.6. The summed E-state index contributed by atoms with van der Waals surface area (Å²) in [5.74, 6) is 0. The van der Waals surface area contributed by atoms with Gasteiger partial charge < -0.3 is 0 Å². The molecule has 16 heavy (non-hydrogen) atoms. The molecule has 0 spiro atoms.